The van der Waals surface area contributed by atoms with Crippen molar-refractivity contribution in [3.8, 4) is 0 Å². The van der Waals surface area contributed by atoms with Crippen molar-refractivity contribution in [2.75, 3.05) is 6.61 Å². The molecule has 0 bridgehead atoms. The third-order valence-corrected chi connectivity index (χ3v) is 2.12. The van der Waals surface area contributed by atoms with Crippen LogP contribution in [-0.4, -0.2) is 11.7 Å². The fraction of sp³-hybridized carbons (Fsp3) is 0.400. The summed E-state index contributed by atoms with van der Waals surface area (Å²) < 4.78 is 50.0. The van der Waals surface area contributed by atoms with Crippen LogP contribution in [0.15, 0.2) is 18.2 Å². The van der Waals surface area contributed by atoms with E-state index in [1.165, 1.54) is 0 Å². The third-order valence-electron chi connectivity index (χ3n) is 2.12. The Morgan fingerprint density at radius 2 is 1.82 bits per heavy atom. The Morgan fingerprint density at radius 1 is 1.24 bits per heavy atom. The first-order chi connectivity index (χ1) is 7.34. The van der Waals surface area contributed by atoms with Crippen molar-refractivity contribution in [3.63, 3.8) is 0 Å². The number of hydrogen-bond acceptors (Lipinski definition) is 2. The molecular formula is C10H12ClF4NO. The normalized spacial score (nSPS) is 13.1. The minimum absolute atomic E-state index is 0. The van der Waals surface area contributed by atoms with E-state index in [1.54, 1.807) is 0 Å². The first-order valence-electron chi connectivity index (χ1n) is 4.58. The van der Waals surface area contributed by atoms with E-state index in [2.05, 4.69) is 0 Å². The molecule has 3 N–H and O–H groups in total. The minimum Gasteiger partial charge on any atom is -0.396 e. The first kappa shape index (κ1) is 16.1. The lowest BCUT2D eigenvalue weighted by Crippen LogP contribution is -2.14. The van der Waals surface area contributed by atoms with Gasteiger partial charge in [0.1, 0.15) is 5.82 Å². The van der Waals surface area contributed by atoms with E-state index in [4.69, 9.17) is 10.8 Å². The van der Waals surface area contributed by atoms with Crippen LogP contribution in [0, 0.1) is 5.82 Å². The monoisotopic (exact) mass is 273 g/mol. The average molecular weight is 274 g/mol. The highest BCUT2D eigenvalue weighted by molar-refractivity contribution is 5.85. The van der Waals surface area contributed by atoms with Crippen LogP contribution in [0.2, 0.25) is 0 Å². The second-order valence-electron chi connectivity index (χ2n) is 3.39. The molecule has 1 unspecified atom stereocenters. The Bertz CT molecular complexity index is 370. The number of benzene rings is 1. The van der Waals surface area contributed by atoms with Crippen molar-refractivity contribution < 1.29 is 22.7 Å². The molecule has 0 aliphatic carbocycles. The van der Waals surface area contributed by atoms with Gasteiger partial charge in [-0.25, -0.2) is 4.39 Å². The maximum atomic E-state index is 12.9. The number of hydrogen-bond donors (Lipinski definition) is 2. The second-order valence-corrected chi connectivity index (χ2v) is 3.39. The third kappa shape index (κ3) is 4.49. The Hall–Kier alpha value is -0.850. The van der Waals surface area contributed by atoms with E-state index in [1.807, 2.05) is 0 Å². The average Bonchev–Trinajstić information content (AvgIpc) is 2.16. The highest BCUT2D eigenvalue weighted by atomic mass is 35.5. The number of nitrogens with two attached hydrogens (primary N) is 1. The van der Waals surface area contributed by atoms with Gasteiger partial charge in [0.2, 0.25) is 0 Å². The van der Waals surface area contributed by atoms with Crippen LogP contribution in [0.3, 0.4) is 0 Å². The molecule has 17 heavy (non-hydrogen) atoms. The fourth-order valence-electron chi connectivity index (χ4n) is 1.30. The zero-order valence-corrected chi connectivity index (χ0v) is 9.48. The number of aliphatic hydroxyl groups excluding tert-OH is 1. The molecule has 0 fully saturated rings. The topological polar surface area (TPSA) is 46.2 Å². The van der Waals surface area contributed by atoms with Crippen LogP contribution < -0.4 is 5.73 Å². The molecule has 2 nitrogen and oxygen atoms in total. The van der Waals surface area contributed by atoms with E-state index in [-0.39, 0.29) is 31.0 Å². The van der Waals surface area contributed by atoms with Gasteiger partial charge in [-0.05, 0) is 30.2 Å². The van der Waals surface area contributed by atoms with Crippen molar-refractivity contribution >= 4 is 12.4 Å². The van der Waals surface area contributed by atoms with Gasteiger partial charge in [0.25, 0.3) is 0 Å². The Morgan fingerprint density at radius 3 is 2.29 bits per heavy atom. The summed E-state index contributed by atoms with van der Waals surface area (Å²) >= 11 is 0. The van der Waals surface area contributed by atoms with Gasteiger partial charge in [-0.1, -0.05) is 0 Å². The predicted octanol–water partition coefficient (Wildman–Crippen LogP) is 2.65. The molecule has 98 valence electrons. The Balaban J connectivity index is 0.00000256. The highest BCUT2D eigenvalue weighted by Crippen LogP contribution is 2.31. The van der Waals surface area contributed by atoms with Gasteiger partial charge in [-0.3, -0.25) is 0 Å². The zero-order chi connectivity index (χ0) is 12.3. The van der Waals surface area contributed by atoms with Gasteiger partial charge in [0.05, 0.1) is 5.56 Å². The van der Waals surface area contributed by atoms with Crippen molar-refractivity contribution in [3.05, 3.63) is 35.1 Å². The summed E-state index contributed by atoms with van der Waals surface area (Å²) in [4.78, 5) is 0. The van der Waals surface area contributed by atoms with Crippen LogP contribution in [0.25, 0.3) is 0 Å². The molecule has 7 heteroatoms. The molecule has 1 rings (SSSR count). The second kappa shape index (κ2) is 6.18. The summed E-state index contributed by atoms with van der Waals surface area (Å²) in [6.45, 7) is -0.265. The number of halogens is 5. The maximum Gasteiger partial charge on any atom is 0.416 e. The quantitative estimate of drug-likeness (QED) is 0.832. The molecule has 0 spiro atoms. The van der Waals surface area contributed by atoms with Crippen molar-refractivity contribution in [1.29, 1.82) is 0 Å². The molecule has 0 aliphatic heterocycles. The van der Waals surface area contributed by atoms with Crippen LogP contribution in [0.4, 0.5) is 17.6 Å². The minimum atomic E-state index is -4.60. The van der Waals surface area contributed by atoms with E-state index in [9.17, 15) is 17.6 Å². The Labute approximate surface area is 102 Å². The van der Waals surface area contributed by atoms with E-state index < -0.39 is 23.6 Å². The van der Waals surface area contributed by atoms with Crippen molar-refractivity contribution in [2.45, 2.75) is 18.6 Å². The number of aliphatic hydroxyl groups is 1. The standard InChI is InChI=1S/C10H11F4NO.ClH/c11-8-4-6(9(15)1-2-16)3-7(5-8)10(12,13)14;/h3-5,9,16H,1-2,15H2;1H. The van der Waals surface area contributed by atoms with E-state index in [0.717, 1.165) is 12.1 Å². The molecule has 0 amide bonds. The summed E-state index contributed by atoms with van der Waals surface area (Å²) in [5, 5.41) is 8.60. The van der Waals surface area contributed by atoms with Gasteiger partial charge >= 0.3 is 6.18 Å². The lowest BCUT2D eigenvalue weighted by molar-refractivity contribution is -0.137. The van der Waals surface area contributed by atoms with E-state index in [0.29, 0.717) is 6.07 Å². The van der Waals surface area contributed by atoms with Crippen LogP contribution in [0.5, 0.6) is 0 Å². The van der Waals surface area contributed by atoms with Crippen LogP contribution in [0.1, 0.15) is 23.6 Å². The molecule has 1 aromatic carbocycles. The van der Waals surface area contributed by atoms with Crippen LogP contribution >= 0.6 is 12.4 Å². The van der Waals surface area contributed by atoms with Gasteiger partial charge in [0.15, 0.2) is 0 Å². The molecule has 0 saturated heterocycles. The smallest absolute Gasteiger partial charge is 0.396 e. The predicted molar refractivity (Wildman–Crippen MR) is 57.3 cm³/mol. The largest absolute Gasteiger partial charge is 0.416 e. The lowest BCUT2D eigenvalue weighted by Gasteiger charge is -2.13. The molecule has 1 atom stereocenters. The molecule has 0 saturated carbocycles. The number of alkyl halides is 3. The molecule has 0 radical (unpaired) electrons. The van der Waals surface area contributed by atoms with Gasteiger partial charge in [-0.15, -0.1) is 12.4 Å². The lowest BCUT2D eigenvalue weighted by atomic mass is 10.0. The van der Waals surface area contributed by atoms with Gasteiger partial charge < -0.3 is 10.8 Å². The molecule has 0 heterocycles. The summed E-state index contributed by atoms with van der Waals surface area (Å²) in [6, 6.07) is 1.34. The van der Waals surface area contributed by atoms with Crippen molar-refractivity contribution in [2.24, 2.45) is 5.73 Å². The SMILES string of the molecule is Cl.NC(CCO)c1cc(F)cc(C(F)(F)F)c1. The van der Waals surface area contributed by atoms with Gasteiger partial charge in [-0.2, -0.15) is 13.2 Å². The fourth-order valence-corrected chi connectivity index (χ4v) is 1.30. The first-order valence-corrected chi connectivity index (χ1v) is 4.58. The molecule has 0 aliphatic rings. The summed E-state index contributed by atoms with van der Waals surface area (Å²) in [7, 11) is 0. The van der Waals surface area contributed by atoms with E-state index >= 15 is 0 Å². The van der Waals surface area contributed by atoms with Crippen LogP contribution in [-0.2, 0) is 6.18 Å². The summed E-state index contributed by atoms with van der Waals surface area (Å²) in [5.74, 6) is -0.988. The van der Waals surface area contributed by atoms with Crippen molar-refractivity contribution in [1.82, 2.24) is 0 Å². The Kier molecular flexibility index (Phi) is 5.87. The number of rotatable bonds is 3. The zero-order valence-electron chi connectivity index (χ0n) is 8.67. The molecule has 0 aromatic heterocycles. The molecular weight excluding hydrogens is 262 g/mol. The molecule has 1 aromatic rings. The van der Waals surface area contributed by atoms with Gasteiger partial charge in [0, 0.05) is 12.6 Å². The summed E-state index contributed by atoms with van der Waals surface area (Å²) in [6.07, 6.45) is -4.52. The highest BCUT2D eigenvalue weighted by Gasteiger charge is 2.31. The maximum absolute atomic E-state index is 12.9. The summed E-state index contributed by atoms with van der Waals surface area (Å²) in [5.41, 5.74) is 4.45.